The second-order valence-electron chi connectivity index (χ2n) is 16.6. The smallest absolute Gasteiger partial charge is 0.247 e. The Kier molecular flexibility index (Phi) is 25.0. The molecule has 0 aliphatic carbocycles. The number of nitrogens with one attached hydrogen (secondary N) is 2. The minimum atomic E-state index is -0.845. The van der Waals surface area contributed by atoms with E-state index in [2.05, 4.69) is 46.1 Å². The Morgan fingerprint density at radius 2 is 1.41 bits per heavy atom. The molecule has 0 saturated heterocycles. The molecule has 0 aliphatic heterocycles. The summed E-state index contributed by atoms with van der Waals surface area (Å²) in [6.45, 7) is 20.2. The van der Waals surface area contributed by atoms with E-state index in [1.165, 1.54) is 0 Å². The standard InChI is InChI=1S/C53H75N7O8/c1-9-13-44(10-2)42(5)55-53(62)52(45-17-23-48(63-8)24-18-45)60(41(3)4)51(61)27-16-43-14-21-49(22-15-43)67-32-12-11-29-58(7)30-34-65-37-36-64-33-28-47-40-59(57-56-47)31-35-66-38-39-68-50-25-19-46(54-6)20-26-50/h9-10,13-15,17-26,40-42,52,54H,1-2,11-12,16,27-39H2,3-8H3,(H,55,62)/b44-13+. The molecule has 3 aromatic carbocycles. The lowest BCUT2D eigenvalue weighted by Crippen LogP contribution is -2.49. The Labute approximate surface area is 404 Å². The molecule has 1 heterocycles. The van der Waals surface area contributed by atoms with Crippen LogP contribution in [-0.4, -0.2) is 136 Å². The highest BCUT2D eigenvalue weighted by Gasteiger charge is 2.34. The lowest BCUT2D eigenvalue weighted by Gasteiger charge is -2.35. The maximum atomic E-state index is 14.0. The minimum Gasteiger partial charge on any atom is -0.497 e. The van der Waals surface area contributed by atoms with Crippen molar-refractivity contribution < 1.29 is 38.0 Å². The van der Waals surface area contributed by atoms with Gasteiger partial charge in [-0.2, -0.15) is 0 Å². The number of nitrogens with zero attached hydrogens (tertiary/aromatic N) is 5. The molecule has 1 aromatic heterocycles. The average Bonchev–Trinajstić information content (AvgIpc) is 3.81. The first kappa shape index (κ1) is 54.6. The highest BCUT2D eigenvalue weighted by molar-refractivity contribution is 5.89. The molecule has 0 fully saturated rings. The summed E-state index contributed by atoms with van der Waals surface area (Å²) in [5, 5.41) is 14.6. The first-order valence-corrected chi connectivity index (χ1v) is 23.7. The summed E-state index contributed by atoms with van der Waals surface area (Å²) in [4.78, 5) is 31.9. The molecular weight excluding hydrogens is 863 g/mol. The molecule has 0 bridgehead atoms. The predicted octanol–water partition coefficient (Wildman–Crippen LogP) is 7.50. The third-order valence-electron chi connectivity index (χ3n) is 11.1. The lowest BCUT2D eigenvalue weighted by atomic mass is 9.99. The number of likely N-dealkylation sites (N-methyl/N-ethyl adjacent to an activating group) is 1. The van der Waals surface area contributed by atoms with Crippen molar-refractivity contribution in [3.05, 3.63) is 133 Å². The van der Waals surface area contributed by atoms with E-state index in [4.69, 9.17) is 28.4 Å². The monoisotopic (exact) mass is 938 g/mol. The van der Waals surface area contributed by atoms with Crippen LogP contribution in [0.15, 0.2) is 116 Å². The number of amides is 2. The van der Waals surface area contributed by atoms with Gasteiger partial charge in [0, 0.05) is 44.4 Å². The summed E-state index contributed by atoms with van der Waals surface area (Å²) in [6, 6.07) is 21.6. The van der Waals surface area contributed by atoms with Crippen LogP contribution in [0.5, 0.6) is 17.2 Å². The number of carbonyl (C=O) groups is 2. The second-order valence-corrected chi connectivity index (χ2v) is 16.6. The molecule has 2 atom stereocenters. The molecule has 0 spiro atoms. The zero-order valence-corrected chi connectivity index (χ0v) is 41.2. The molecule has 0 saturated carbocycles. The first-order chi connectivity index (χ1) is 33.0. The first-order valence-electron chi connectivity index (χ1n) is 23.7. The van der Waals surface area contributed by atoms with Crippen LogP contribution in [0.3, 0.4) is 0 Å². The number of aryl methyl sites for hydroxylation is 1. The van der Waals surface area contributed by atoms with Gasteiger partial charge >= 0.3 is 0 Å². The molecular formula is C53H75N7O8. The number of unbranched alkanes of at least 4 members (excludes halogenated alkanes) is 1. The van der Waals surface area contributed by atoms with E-state index in [1.54, 1.807) is 41.0 Å². The van der Waals surface area contributed by atoms with Crippen molar-refractivity contribution in [2.75, 3.05) is 92.5 Å². The average molecular weight is 938 g/mol. The van der Waals surface area contributed by atoms with Crippen molar-refractivity contribution in [3.8, 4) is 17.2 Å². The number of rotatable bonds is 35. The molecule has 370 valence electrons. The zero-order valence-electron chi connectivity index (χ0n) is 41.2. The Hall–Kier alpha value is -6.00. The molecule has 0 radical (unpaired) electrons. The number of aromatic nitrogens is 3. The van der Waals surface area contributed by atoms with Crippen molar-refractivity contribution >= 4 is 17.5 Å². The highest BCUT2D eigenvalue weighted by atomic mass is 16.5. The molecule has 0 aliphatic rings. The van der Waals surface area contributed by atoms with Gasteiger partial charge in [-0.05, 0) is 119 Å². The second kappa shape index (κ2) is 31.1. The van der Waals surface area contributed by atoms with Crippen LogP contribution >= 0.6 is 0 Å². The molecule has 2 amide bonds. The molecule has 2 unspecified atom stereocenters. The van der Waals surface area contributed by atoms with Gasteiger partial charge < -0.3 is 48.9 Å². The Morgan fingerprint density at radius 1 is 0.765 bits per heavy atom. The molecule has 68 heavy (non-hydrogen) atoms. The van der Waals surface area contributed by atoms with Gasteiger partial charge in [0.15, 0.2) is 0 Å². The Bertz CT molecular complexity index is 2090. The van der Waals surface area contributed by atoms with Crippen LogP contribution in [0, 0.1) is 0 Å². The highest BCUT2D eigenvalue weighted by Crippen LogP contribution is 2.28. The number of benzene rings is 3. The van der Waals surface area contributed by atoms with Gasteiger partial charge in [0.05, 0.1) is 71.6 Å². The maximum Gasteiger partial charge on any atom is 0.247 e. The van der Waals surface area contributed by atoms with Crippen molar-refractivity contribution in [1.82, 2.24) is 30.1 Å². The Balaban J connectivity index is 1.05. The van der Waals surface area contributed by atoms with Gasteiger partial charge in [0.25, 0.3) is 0 Å². The molecule has 2 N–H and O–H groups in total. The number of carbonyl (C=O) groups excluding carboxylic acids is 2. The van der Waals surface area contributed by atoms with Crippen LogP contribution in [-0.2, 0) is 43.2 Å². The van der Waals surface area contributed by atoms with Crippen LogP contribution in [0.1, 0.15) is 62.9 Å². The van der Waals surface area contributed by atoms with Gasteiger partial charge in [0.2, 0.25) is 11.8 Å². The van der Waals surface area contributed by atoms with Crippen molar-refractivity contribution in [1.29, 1.82) is 0 Å². The summed E-state index contributed by atoms with van der Waals surface area (Å²) in [5.41, 5.74) is 4.45. The van der Waals surface area contributed by atoms with E-state index in [-0.39, 0.29) is 30.3 Å². The van der Waals surface area contributed by atoms with E-state index in [0.29, 0.717) is 83.6 Å². The van der Waals surface area contributed by atoms with Crippen LogP contribution in [0.2, 0.25) is 0 Å². The fourth-order valence-electron chi connectivity index (χ4n) is 7.25. The van der Waals surface area contributed by atoms with Gasteiger partial charge in [-0.25, -0.2) is 4.68 Å². The normalized spacial score (nSPS) is 12.4. The quantitative estimate of drug-likeness (QED) is 0.0347. The van der Waals surface area contributed by atoms with E-state index in [9.17, 15) is 9.59 Å². The number of allylic oxidation sites excluding steroid dienone is 2. The number of hydrogen-bond donors (Lipinski definition) is 2. The van der Waals surface area contributed by atoms with Crippen molar-refractivity contribution in [3.63, 3.8) is 0 Å². The minimum absolute atomic E-state index is 0.116. The van der Waals surface area contributed by atoms with Crippen LogP contribution in [0.25, 0.3) is 0 Å². The predicted molar refractivity (Wildman–Crippen MR) is 268 cm³/mol. The summed E-state index contributed by atoms with van der Waals surface area (Å²) < 4.78 is 36.1. The SMILES string of the molecule is C=C/C=C(\C=C)C(C)NC(=O)C(c1ccc(OC)cc1)N(C(=O)CCc1ccc(OCCCCN(C)CCOCCOCCc2cn(CCOCCOc3ccc(NC)cc3)nn2)cc1)C(C)C. The number of hydrogen-bond acceptors (Lipinski definition) is 12. The summed E-state index contributed by atoms with van der Waals surface area (Å²) >= 11 is 0. The summed E-state index contributed by atoms with van der Waals surface area (Å²) in [6.07, 6.45) is 10.5. The lowest BCUT2D eigenvalue weighted by molar-refractivity contribution is -0.143. The van der Waals surface area contributed by atoms with Crippen molar-refractivity contribution in [2.24, 2.45) is 0 Å². The number of methoxy groups -OCH3 is 1. The van der Waals surface area contributed by atoms with E-state index >= 15 is 0 Å². The Morgan fingerprint density at radius 3 is 2.07 bits per heavy atom. The van der Waals surface area contributed by atoms with E-state index in [0.717, 1.165) is 59.9 Å². The van der Waals surface area contributed by atoms with Gasteiger partial charge in [-0.1, -0.05) is 60.9 Å². The molecule has 15 heteroatoms. The maximum absolute atomic E-state index is 14.0. The number of anilines is 1. The van der Waals surface area contributed by atoms with Gasteiger partial charge in [0.1, 0.15) is 29.9 Å². The summed E-state index contributed by atoms with van der Waals surface area (Å²) in [7, 11) is 5.58. The zero-order chi connectivity index (χ0) is 48.9. The largest absolute Gasteiger partial charge is 0.497 e. The summed E-state index contributed by atoms with van der Waals surface area (Å²) in [5.74, 6) is 1.88. The van der Waals surface area contributed by atoms with E-state index in [1.807, 2.05) is 101 Å². The van der Waals surface area contributed by atoms with Gasteiger partial charge in [-0.15, -0.1) is 5.10 Å². The molecule has 4 rings (SSSR count). The van der Waals surface area contributed by atoms with E-state index < -0.39 is 6.04 Å². The van der Waals surface area contributed by atoms with Gasteiger partial charge in [-0.3, -0.25) is 9.59 Å². The van der Waals surface area contributed by atoms with Crippen molar-refractivity contribution in [2.45, 2.75) is 77.5 Å². The topological polar surface area (TPSA) is 151 Å². The molecule has 15 nitrogen and oxygen atoms in total. The third kappa shape index (κ3) is 19.7. The third-order valence-corrected chi connectivity index (χ3v) is 11.1. The fourth-order valence-corrected chi connectivity index (χ4v) is 7.25. The van der Waals surface area contributed by atoms with Crippen LogP contribution in [0.4, 0.5) is 5.69 Å². The van der Waals surface area contributed by atoms with Crippen LogP contribution < -0.4 is 24.8 Å². The fraction of sp³-hybridized carbons (Fsp3) is 0.472. The molecule has 4 aromatic rings. The number of ether oxygens (including phenoxy) is 6.